The molecule has 4 heterocycles. The molecular weight excluding hydrogens is 520 g/mol. The molecule has 2 aromatic heterocycles. The predicted octanol–water partition coefficient (Wildman–Crippen LogP) is 0.409. The highest BCUT2D eigenvalue weighted by Crippen LogP contribution is 2.40. The highest BCUT2D eigenvalue weighted by molar-refractivity contribution is 8.00. The minimum absolute atomic E-state index is 0.0685. The fourth-order valence-electron chi connectivity index (χ4n) is 3.84. The van der Waals surface area contributed by atoms with E-state index < -0.39 is 29.2 Å². The van der Waals surface area contributed by atoms with Gasteiger partial charge in [-0.1, -0.05) is 12.1 Å². The van der Waals surface area contributed by atoms with Crippen molar-refractivity contribution in [3.8, 4) is 0 Å². The van der Waals surface area contributed by atoms with E-state index in [1.54, 1.807) is 24.0 Å². The smallest absolute Gasteiger partial charge is 0.352 e. The van der Waals surface area contributed by atoms with E-state index in [1.165, 1.54) is 16.7 Å². The molecule has 37 heavy (non-hydrogen) atoms. The van der Waals surface area contributed by atoms with Gasteiger partial charge in [0.25, 0.3) is 11.8 Å². The molecule has 2 atom stereocenters. The highest BCUT2D eigenvalue weighted by Gasteiger charge is 2.54. The van der Waals surface area contributed by atoms with Crippen LogP contribution in [0.3, 0.4) is 0 Å². The number of thioether (sulfide) groups is 1. The van der Waals surface area contributed by atoms with Crippen LogP contribution in [0.4, 0.5) is 10.9 Å². The average Bonchev–Trinajstić information content (AvgIpc) is 3.30. The van der Waals surface area contributed by atoms with Crippen molar-refractivity contribution in [2.24, 2.45) is 5.16 Å². The van der Waals surface area contributed by atoms with Crippen LogP contribution in [0.1, 0.15) is 26.0 Å². The maximum absolute atomic E-state index is 13.1. The van der Waals surface area contributed by atoms with E-state index in [2.05, 4.69) is 25.8 Å². The molecule has 0 spiro atoms. The van der Waals surface area contributed by atoms with Gasteiger partial charge in [0.1, 0.15) is 29.4 Å². The van der Waals surface area contributed by atoms with Crippen molar-refractivity contribution < 1.29 is 28.9 Å². The first kappa shape index (κ1) is 26.3. The normalized spacial score (nSPS) is 19.2. The Morgan fingerprint density at radius 1 is 1.41 bits per heavy atom. The Bertz CT molecular complexity index is 1260. The van der Waals surface area contributed by atoms with Crippen molar-refractivity contribution in [3.05, 3.63) is 40.9 Å². The molecule has 2 aliphatic rings. The Morgan fingerprint density at radius 3 is 2.89 bits per heavy atom. The molecule has 0 aliphatic carbocycles. The number of aromatic nitrogens is 3. The van der Waals surface area contributed by atoms with Crippen molar-refractivity contribution in [2.75, 3.05) is 30.0 Å². The molecule has 15 heteroatoms. The van der Waals surface area contributed by atoms with Gasteiger partial charge in [-0.25, -0.2) is 14.8 Å². The van der Waals surface area contributed by atoms with Gasteiger partial charge in [0.05, 0.1) is 6.20 Å². The van der Waals surface area contributed by atoms with Gasteiger partial charge in [0.2, 0.25) is 6.20 Å². The van der Waals surface area contributed by atoms with Gasteiger partial charge in [-0.05, 0) is 13.3 Å². The van der Waals surface area contributed by atoms with E-state index in [0.717, 1.165) is 11.3 Å². The number of nitrogens with one attached hydrogen (secondary N) is 2. The Kier molecular flexibility index (Phi) is 8.23. The fourth-order valence-corrected chi connectivity index (χ4v) is 5.72. The van der Waals surface area contributed by atoms with Crippen molar-refractivity contribution in [1.29, 1.82) is 0 Å². The monoisotopic (exact) mass is 547 g/mol. The van der Waals surface area contributed by atoms with Crippen LogP contribution in [0.2, 0.25) is 0 Å². The number of hydrogen-bond acceptors (Lipinski definition) is 11. The maximum atomic E-state index is 13.1. The summed E-state index contributed by atoms with van der Waals surface area (Å²) in [5, 5.41) is 20.9. The lowest BCUT2D eigenvalue weighted by atomic mass is 10.0. The number of carboxylic acid groups (broad SMARTS) is 1. The molecule has 5 N–H and O–H groups in total. The molecule has 4 rings (SSSR count). The van der Waals surface area contributed by atoms with Crippen LogP contribution >= 0.6 is 23.1 Å². The maximum Gasteiger partial charge on any atom is 0.352 e. The number of hydrogen-bond donors (Lipinski definition) is 4. The summed E-state index contributed by atoms with van der Waals surface area (Å²) in [5.74, 6) is -1.34. The van der Waals surface area contributed by atoms with Gasteiger partial charge in [-0.2, -0.15) is 4.57 Å². The predicted molar refractivity (Wildman–Crippen MR) is 138 cm³/mol. The van der Waals surface area contributed by atoms with Crippen LogP contribution in [0.15, 0.2) is 40.4 Å². The number of anilines is 2. The van der Waals surface area contributed by atoms with Gasteiger partial charge < -0.3 is 26.3 Å². The molecule has 13 nitrogen and oxygen atoms in total. The van der Waals surface area contributed by atoms with E-state index in [9.17, 15) is 19.5 Å². The lowest BCUT2D eigenvalue weighted by Gasteiger charge is -2.49. The summed E-state index contributed by atoms with van der Waals surface area (Å²) in [5.41, 5.74) is 6.34. The molecule has 2 amide bonds. The molecule has 0 radical (unpaired) electrons. The quantitative estimate of drug-likeness (QED) is 0.101. The number of nitrogens with zero attached hydrogens (tertiary/aromatic N) is 5. The summed E-state index contributed by atoms with van der Waals surface area (Å²) in [6.07, 6.45) is 5.82. The van der Waals surface area contributed by atoms with Crippen molar-refractivity contribution in [2.45, 2.75) is 38.2 Å². The summed E-state index contributed by atoms with van der Waals surface area (Å²) in [7, 11) is 0. The third-order valence-corrected chi connectivity index (χ3v) is 7.47. The van der Waals surface area contributed by atoms with Crippen LogP contribution in [0.25, 0.3) is 0 Å². The van der Waals surface area contributed by atoms with E-state index in [1.807, 2.05) is 18.4 Å². The number of oxime groups is 1. The Hall–Kier alpha value is -3.72. The molecule has 196 valence electrons. The summed E-state index contributed by atoms with van der Waals surface area (Å²) in [6, 6.07) is -0.922. The zero-order valence-corrected chi connectivity index (χ0v) is 21.8. The molecule has 1 fully saturated rings. The third-order valence-electron chi connectivity index (χ3n) is 5.46. The molecule has 0 aromatic carbocycles. The minimum Gasteiger partial charge on any atom is -0.477 e. The minimum atomic E-state index is -1.20. The van der Waals surface area contributed by atoms with Crippen LogP contribution in [0, 0.1) is 0 Å². The number of carbonyl (C=O) groups excluding carboxylic acids is 2. The second kappa shape index (κ2) is 11.6. The molecule has 2 aromatic rings. The number of aliphatic carboxylic acids is 1. The molecule has 1 unspecified atom stereocenters. The number of rotatable bonds is 11. The first-order chi connectivity index (χ1) is 17.8. The van der Waals surface area contributed by atoms with Crippen LogP contribution in [-0.4, -0.2) is 73.8 Å². The lowest BCUT2D eigenvalue weighted by molar-refractivity contribution is -0.688. The molecular formula is C22H27N8O5S2+. The van der Waals surface area contributed by atoms with Crippen molar-refractivity contribution in [3.63, 3.8) is 0 Å². The number of nitrogens with two attached hydrogens (primary N) is 1. The molecule has 0 bridgehead atoms. The molecule has 2 aliphatic heterocycles. The summed E-state index contributed by atoms with van der Waals surface area (Å²) in [4.78, 5) is 53.1. The summed E-state index contributed by atoms with van der Waals surface area (Å²) in [6.45, 7) is 5.12. The van der Waals surface area contributed by atoms with E-state index in [0.29, 0.717) is 36.7 Å². The van der Waals surface area contributed by atoms with Crippen molar-refractivity contribution in [1.82, 2.24) is 20.2 Å². The largest absolute Gasteiger partial charge is 0.477 e. The zero-order valence-electron chi connectivity index (χ0n) is 20.2. The Labute approximate surface area is 220 Å². The molecule has 0 saturated carbocycles. The number of carbonyl (C=O) groups is 3. The number of carboxylic acids is 1. The van der Waals surface area contributed by atoms with E-state index in [4.69, 9.17) is 10.6 Å². The lowest BCUT2D eigenvalue weighted by Crippen LogP contribution is -2.71. The van der Waals surface area contributed by atoms with E-state index >= 15 is 0 Å². The van der Waals surface area contributed by atoms with Gasteiger partial charge in [-0.15, -0.1) is 23.1 Å². The zero-order chi connectivity index (χ0) is 26.5. The number of fused-ring (bicyclic) bond motifs is 1. The van der Waals surface area contributed by atoms with Crippen LogP contribution in [-0.2, 0) is 25.8 Å². The fraction of sp³-hybridized carbons (Fsp3) is 0.409. The van der Waals surface area contributed by atoms with Gasteiger partial charge in [0, 0.05) is 23.3 Å². The van der Waals surface area contributed by atoms with Gasteiger partial charge in [-0.3, -0.25) is 14.5 Å². The van der Waals surface area contributed by atoms with Gasteiger partial charge >= 0.3 is 5.97 Å². The summed E-state index contributed by atoms with van der Waals surface area (Å²) >= 11 is 2.53. The Morgan fingerprint density at radius 2 is 2.22 bits per heavy atom. The average molecular weight is 548 g/mol. The SMILES string of the molecule is CCCON=C(C(=O)NC1C(=O)N2C(C(=O)O)=C(C[n+]3ccnc(NCC)c3)CS[C@@H]12)c1csc(N)n1. The molecule has 1 saturated heterocycles. The van der Waals surface area contributed by atoms with Crippen LogP contribution < -0.4 is 20.9 Å². The number of amides is 2. The van der Waals surface area contributed by atoms with Crippen molar-refractivity contribution >= 4 is 57.5 Å². The number of β-lactam (4-membered cyclic amide) rings is 1. The topological polar surface area (TPSA) is 176 Å². The number of nitrogen functional groups attached to an aromatic ring is 1. The third kappa shape index (κ3) is 5.67. The van der Waals surface area contributed by atoms with Gasteiger partial charge in [0.15, 0.2) is 29.4 Å². The summed E-state index contributed by atoms with van der Waals surface area (Å²) < 4.78 is 1.81. The Balaban J connectivity index is 1.52. The second-order valence-corrected chi connectivity index (χ2v) is 10.1. The standard InChI is InChI=1S/C22H26N8O5S2/c1-3-7-35-28-15(13-11-37-22(23)26-13)18(31)27-16-19(32)30-17(21(33)34)12(10-36-20(16)30)8-29-6-5-25-14(9-29)24-4-2/h5-6,9,11,16,20H,3-4,7-8,10H2,1-2H3,(H4-,23,24,25,26,27,31,33,34)/p+1/t16?,20-/m0/s1. The van der Waals surface area contributed by atoms with E-state index in [-0.39, 0.29) is 28.8 Å². The second-order valence-electron chi connectivity index (χ2n) is 8.11. The number of thiazole rings is 1. The highest BCUT2D eigenvalue weighted by atomic mass is 32.2. The first-order valence-electron chi connectivity index (χ1n) is 11.5. The van der Waals surface area contributed by atoms with Crippen LogP contribution in [0.5, 0.6) is 0 Å². The first-order valence-corrected chi connectivity index (χ1v) is 13.5.